The lowest BCUT2D eigenvalue weighted by atomic mass is 10.0. The lowest BCUT2D eigenvalue weighted by molar-refractivity contribution is -0.148. The number of piperidine rings is 1. The van der Waals surface area contributed by atoms with Crippen LogP contribution in [0.3, 0.4) is 0 Å². The Bertz CT molecular complexity index is 1110. The van der Waals surface area contributed by atoms with Gasteiger partial charge >= 0.3 is 0 Å². The van der Waals surface area contributed by atoms with E-state index in [2.05, 4.69) is 16.0 Å². The van der Waals surface area contributed by atoms with Gasteiger partial charge in [0.2, 0.25) is 17.7 Å². The minimum absolute atomic E-state index is 0.0982. The first-order valence-corrected chi connectivity index (χ1v) is 10.7. The number of anilines is 2. The molecule has 2 unspecified atom stereocenters. The van der Waals surface area contributed by atoms with Crippen molar-refractivity contribution >= 4 is 35.0 Å². The van der Waals surface area contributed by atoms with Crippen molar-refractivity contribution in [1.82, 2.24) is 10.2 Å². The standard InChI is InChI=1S/C24H24N4O5/c29-20(26-16-6-2-1-3-7-16)11-9-15-5-4-8-17(13-15)25-18-14-22(31)28(24(18)33)19-10-12-21(30)27-23(19)32/h1-8,13-14,19,24-25,33H,9-12H2,(H,26,29)(H,27,30,32). The smallest absolute Gasteiger partial charge is 0.251 e. The minimum atomic E-state index is -1.33. The normalized spacial score (nSPS) is 20.3. The monoisotopic (exact) mass is 448 g/mol. The highest BCUT2D eigenvalue weighted by atomic mass is 16.3. The molecule has 4 N–H and O–H groups in total. The van der Waals surface area contributed by atoms with Crippen molar-refractivity contribution in [3.63, 3.8) is 0 Å². The third kappa shape index (κ3) is 5.27. The van der Waals surface area contributed by atoms with Gasteiger partial charge in [-0.05, 0) is 42.7 Å². The molecule has 2 heterocycles. The Morgan fingerprint density at radius 2 is 1.82 bits per heavy atom. The zero-order valence-electron chi connectivity index (χ0n) is 17.8. The molecule has 4 rings (SSSR count). The molecule has 2 aliphatic rings. The topological polar surface area (TPSA) is 128 Å². The number of amides is 4. The van der Waals surface area contributed by atoms with Crippen molar-refractivity contribution in [2.24, 2.45) is 0 Å². The molecular formula is C24H24N4O5. The summed E-state index contributed by atoms with van der Waals surface area (Å²) in [5.74, 6) is -1.59. The Labute approximate surface area is 190 Å². The molecule has 33 heavy (non-hydrogen) atoms. The van der Waals surface area contributed by atoms with Crippen molar-refractivity contribution in [3.05, 3.63) is 71.9 Å². The molecule has 0 aliphatic carbocycles. The summed E-state index contributed by atoms with van der Waals surface area (Å²) in [6.45, 7) is 0. The molecule has 170 valence electrons. The molecule has 0 saturated carbocycles. The zero-order chi connectivity index (χ0) is 23.4. The molecule has 1 saturated heterocycles. The van der Waals surface area contributed by atoms with E-state index in [0.29, 0.717) is 18.5 Å². The second-order valence-corrected chi connectivity index (χ2v) is 7.93. The molecule has 9 nitrogen and oxygen atoms in total. The Morgan fingerprint density at radius 1 is 1.06 bits per heavy atom. The van der Waals surface area contributed by atoms with Crippen LogP contribution in [0.4, 0.5) is 11.4 Å². The molecule has 2 aromatic rings. The molecule has 9 heteroatoms. The first-order chi connectivity index (χ1) is 15.9. The van der Waals surface area contributed by atoms with Gasteiger partial charge in [-0.2, -0.15) is 0 Å². The summed E-state index contributed by atoms with van der Waals surface area (Å²) in [6, 6.07) is 15.6. The molecular weight excluding hydrogens is 424 g/mol. The highest BCUT2D eigenvalue weighted by Crippen LogP contribution is 2.26. The number of para-hydroxylation sites is 1. The Balaban J connectivity index is 1.35. The number of benzene rings is 2. The number of nitrogens with zero attached hydrogens (tertiary/aromatic N) is 1. The van der Waals surface area contributed by atoms with Gasteiger partial charge in [-0.3, -0.25) is 29.4 Å². The third-order valence-corrected chi connectivity index (χ3v) is 5.53. The second-order valence-electron chi connectivity index (χ2n) is 7.93. The first-order valence-electron chi connectivity index (χ1n) is 10.7. The van der Waals surface area contributed by atoms with Gasteiger partial charge < -0.3 is 15.7 Å². The highest BCUT2D eigenvalue weighted by Gasteiger charge is 2.42. The number of hydrogen-bond donors (Lipinski definition) is 4. The molecule has 4 amide bonds. The van der Waals surface area contributed by atoms with Crippen LogP contribution in [0.1, 0.15) is 24.8 Å². The van der Waals surface area contributed by atoms with Crippen LogP contribution < -0.4 is 16.0 Å². The Kier molecular flexibility index (Phi) is 6.50. The summed E-state index contributed by atoms with van der Waals surface area (Å²) in [5.41, 5.74) is 2.53. The van der Waals surface area contributed by atoms with Gasteiger partial charge in [0.1, 0.15) is 6.04 Å². The van der Waals surface area contributed by atoms with E-state index in [4.69, 9.17) is 0 Å². The van der Waals surface area contributed by atoms with Crippen LogP contribution >= 0.6 is 0 Å². The van der Waals surface area contributed by atoms with Crippen molar-refractivity contribution in [2.75, 3.05) is 10.6 Å². The SMILES string of the molecule is O=C1CCC(N2C(=O)C=C(Nc3cccc(CCC(=O)Nc4ccccc4)c3)C2O)C(=O)N1. The second kappa shape index (κ2) is 9.66. The fourth-order valence-corrected chi connectivity index (χ4v) is 3.90. The average molecular weight is 448 g/mol. The van der Waals surface area contributed by atoms with Gasteiger partial charge in [0.05, 0.1) is 5.70 Å². The van der Waals surface area contributed by atoms with Crippen LogP contribution in [-0.2, 0) is 25.6 Å². The van der Waals surface area contributed by atoms with E-state index >= 15 is 0 Å². The number of hydrogen-bond acceptors (Lipinski definition) is 6. The number of imide groups is 1. The Morgan fingerprint density at radius 3 is 2.58 bits per heavy atom. The fourth-order valence-electron chi connectivity index (χ4n) is 3.90. The molecule has 2 aromatic carbocycles. The van der Waals surface area contributed by atoms with E-state index < -0.39 is 30.0 Å². The largest absolute Gasteiger partial charge is 0.368 e. The van der Waals surface area contributed by atoms with Crippen LogP contribution in [0.5, 0.6) is 0 Å². The molecule has 0 aromatic heterocycles. The van der Waals surface area contributed by atoms with Crippen LogP contribution in [-0.4, -0.2) is 45.9 Å². The predicted octanol–water partition coefficient (Wildman–Crippen LogP) is 1.52. The summed E-state index contributed by atoms with van der Waals surface area (Å²) in [4.78, 5) is 49.2. The molecule has 2 atom stereocenters. The number of aliphatic hydroxyl groups is 1. The van der Waals surface area contributed by atoms with Crippen molar-refractivity contribution in [3.8, 4) is 0 Å². The maximum atomic E-state index is 12.4. The van der Waals surface area contributed by atoms with Gasteiger partial charge in [0.15, 0.2) is 6.23 Å². The molecule has 0 bridgehead atoms. The number of aryl methyl sites for hydroxylation is 1. The summed E-state index contributed by atoms with van der Waals surface area (Å²) in [6.07, 6.45) is 0.989. The maximum absolute atomic E-state index is 12.4. The van der Waals surface area contributed by atoms with E-state index in [1.165, 1.54) is 6.08 Å². The fraction of sp³-hybridized carbons (Fsp3) is 0.250. The lowest BCUT2D eigenvalue weighted by Gasteiger charge is -2.32. The van der Waals surface area contributed by atoms with Gasteiger partial charge in [-0.25, -0.2) is 0 Å². The van der Waals surface area contributed by atoms with Crippen LogP contribution in [0.2, 0.25) is 0 Å². The number of nitrogens with one attached hydrogen (secondary N) is 3. The lowest BCUT2D eigenvalue weighted by Crippen LogP contribution is -2.55. The highest BCUT2D eigenvalue weighted by molar-refractivity contribution is 6.03. The molecule has 1 fully saturated rings. The van der Waals surface area contributed by atoms with Crippen LogP contribution in [0, 0.1) is 0 Å². The van der Waals surface area contributed by atoms with Gasteiger partial charge in [0, 0.05) is 30.3 Å². The number of aliphatic hydroxyl groups excluding tert-OH is 1. The van der Waals surface area contributed by atoms with Gasteiger partial charge in [-0.1, -0.05) is 30.3 Å². The van der Waals surface area contributed by atoms with E-state index in [9.17, 15) is 24.3 Å². The van der Waals surface area contributed by atoms with E-state index in [1.54, 1.807) is 6.07 Å². The number of rotatable bonds is 7. The molecule has 2 aliphatic heterocycles. The van der Waals surface area contributed by atoms with Gasteiger partial charge in [-0.15, -0.1) is 0 Å². The predicted molar refractivity (Wildman–Crippen MR) is 121 cm³/mol. The number of carbonyl (C=O) groups excluding carboxylic acids is 4. The van der Waals surface area contributed by atoms with E-state index in [1.807, 2.05) is 48.5 Å². The van der Waals surface area contributed by atoms with Crippen molar-refractivity contribution in [1.29, 1.82) is 0 Å². The molecule has 0 radical (unpaired) electrons. The average Bonchev–Trinajstić information content (AvgIpc) is 3.06. The summed E-state index contributed by atoms with van der Waals surface area (Å²) in [5, 5.41) is 18.7. The quantitative estimate of drug-likeness (QED) is 0.476. The summed E-state index contributed by atoms with van der Waals surface area (Å²) >= 11 is 0. The van der Waals surface area contributed by atoms with Crippen molar-refractivity contribution < 1.29 is 24.3 Å². The third-order valence-electron chi connectivity index (χ3n) is 5.53. The molecule has 0 spiro atoms. The zero-order valence-corrected chi connectivity index (χ0v) is 17.8. The minimum Gasteiger partial charge on any atom is -0.368 e. The van der Waals surface area contributed by atoms with E-state index in [0.717, 1.165) is 16.2 Å². The summed E-state index contributed by atoms with van der Waals surface area (Å²) in [7, 11) is 0. The first kappa shape index (κ1) is 22.2. The van der Waals surface area contributed by atoms with Crippen LogP contribution in [0.25, 0.3) is 0 Å². The van der Waals surface area contributed by atoms with E-state index in [-0.39, 0.29) is 24.4 Å². The van der Waals surface area contributed by atoms with Gasteiger partial charge in [0.25, 0.3) is 5.91 Å². The maximum Gasteiger partial charge on any atom is 0.251 e. The van der Waals surface area contributed by atoms with Crippen molar-refractivity contribution in [2.45, 2.75) is 38.0 Å². The van der Waals surface area contributed by atoms with Crippen LogP contribution in [0.15, 0.2) is 66.4 Å². The summed E-state index contributed by atoms with van der Waals surface area (Å²) < 4.78 is 0. The Hall–Kier alpha value is -3.98. The number of carbonyl (C=O) groups is 4.